The average molecular weight is 321 g/mol. The molecule has 0 fully saturated rings. The number of anilines is 1. The molecule has 122 valence electrons. The first-order valence-corrected chi connectivity index (χ1v) is 7.84. The van der Waals surface area contributed by atoms with Crippen LogP contribution in [0.15, 0.2) is 73.1 Å². The van der Waals surface area contributed by atoms with Crippen LogP contribution < -0.4 is 10.1 Å². The smallest absolute Gasteiger partial charge is 0.226 e. The van der Waals surface area contributed by atoms with Gasteiger partial charge in [0.2, 0.25) is 5.91 Å². The molecular weight excluding hydrogens is 302 g/mol. The van der Waals surface area contributed by atoms with Crippen LogP contribution in [0.1, 0.15) is 12.0 Å². The summed E-state index contributed by atoms with van der Waals surface area (Å²) in [4.78, 5) is 11.9. The summed E-state index contributed by atoms with van der Waals surface area (Å²) in [5.41, 5.74) is 1.88. The second-order valence-corrected chi connectivity index (χ2v) is 5.37. The fourth-order valence-electron chi connectivity index (χ4n) is 2.25. The van der Waals surface area contributed by atoms with Crippen LogP contribution >= 0.6 is 0 Å². The molecule has 0 saturated heterocycles. The van der Waals surface area contributed by atoms with Crippen LogP contribution in [-0.2, 0) is 17.9 Å². The lowest BCUT2D eigenvalue weighted by Crippen LogP contribution is -2.14. The highest BCUT2D eigenvalue weighted by atomic mass is 16.5. The van der Waals surface area contributed by atoms with E-state index in [1.54, 1.807) is 10.9 Å². The molecule has 0 atom stereocenters. The van der Waals surface area contributed by atoms with E-state index >= 15 is 0 Å². The lowest BCUT2D eigenvalue weighted by Gasteiger charge is -2.08. The molecule has 0 aliphatic heterocycles. The molecule has 0 aliphatic carbocycles. The van der Waals surface area contributed by atoms with E-state index < -0.39 is 0 Å². The van der Waals surface area contributed by atoms with Crippen LogP contribution in [-0.4, -0.2) is 15.7 Å². The Morgan fingerprint density at radius 3 is 2.54 bits per heavy atom. The van der Waals surface area contributed by atoms with Crippen molar-refractivity contribution in [3.05, 3.63) is 78.6 Å². The van der Waals surface area contributed by atoms with Gasteiger partial charge in [-0.25, -0.2) is 0 Å². The topological polar surface area (TPSA) is 56.2 Å². The van der Waals surface area contributed by atoms with Crippen molar-refractivity contribution in [1.82, 2.24) is 9.78 Å². The molecule has 5 nitrogen and oxygen atoms in total. The molecule has 1 N–H and O–H groups in total. The summed E-state index contributed by atoms with van der Waals surface area (Å²) in [6, 6.07) is 19.2. The first-order valence-electron chi connectivity index (χ1n) is 7.84. The predicted molar refractivity (Wildman–Crippen MR) is 92.7 cm³/mol. The van der Waals surface area contributed by atoms with E-state index in [1.807, 2.05) is 66.9 Å². The Kier molecular flexibility index (Phi) is 5.24. The van der Waals surface area contributed by atoms with Crippen LogP contribution in [0.3, 0.4) is 0 Å². The van der Waals surface area contributed by atoms with Crippen LogP contribution in [0.5, 0.6) is 5.75 Å². The quantitative estimate of drug-likeness (QED) is 0.725. The van der Waals surface area contributed by atoms with Gasteiger partial charge in [0.05, 0.1) is 0 Å². The van der Waals surface area contributed by atoms with Crippen molar-refractivity contribution in [2.75, 3.05) is 5.32 Å². The lowest BCUT2D eigenvalue weighted by molar-refractivity contribution is -0.116. The SMILES string of the molecule is O=C(CCn1cccn1)Nc1ccc(OCc2ccccc2)cc1. The Bertz CT molecular complexity index is 753. The molecule has 24 heavy (non-hydrogen) atoms. The van der Waals surface area contributed by atoms with Gasteiger partial charge in [-0.2, -0.15) is 5.10 Å². The number of ether oxygens (including phenoxy) is 1. The van der Waals surface area contributed by atoms with Crippen LogP contribution in [0.25, 0.3) is 0 Å². The van der Waals surface area contributed by atoms with Gasteiger partial charge in [-0.3, -0.25) is 9.48 Å². The standard InChI is InChI=1S/C19H19N3O2/c23-19(11-14-22-13-4-12-20-22)21-17-7-9-18(10-8-17)24-15-16-5-2-1-3-6-16/h1-10,12-13H,11,14-15H2,(H,21,23). The molecule has 1 amide bonds. The van der Waals surface area contributed by atoms with Crippen molar-refractivity contribution in [1.29, 1.82) is 0 Å². The normalized spacial score (nSPS) is 10.3. The Morgan fingerprint density at radius 2 is 1.83 bits per heavy atom. The molecule has 3 aromatic rings. The van der Waals surface area contributed by atoms with Crippen LogP contribution in [0.4, 0.5) is 5.69 Å². The number of aromatic nitrogens is 2. The van der Waals surface area contributed by atoms with Crippen LogP contribution in [0.2, 0.25) is 0 Å². The minimum atomic E-state index is -0.0385. The molecule has 0 spiro atoms. The Balaban J connectivity index is 1.46. The monoisotopic (exact) mass is 321 g/mol. The van der Waals surface area contributed by atoms with E-state index in [2.05, 4.69) is 10.4 Å². The summed E-state index contributed by atoms with van der Waals surface area (Å²) in [5, 5.41) is 6.94. The molecule has 3 rings (SSSR count). The number of aryl methyl sites for hydroxylation is 1. The number of carbonyl (C=O) groups is 1. The maximum absolute atomic E-state index is 11.9. The molecule has 0 unspecified atom stereocenters. The molecule has 0 radical (unpaired) electrons. The summed E-state index contributed by atoms with van der Waals surface area (Å²) in [7, 11) is 0. The molecule has 1 heterocycles. The summed E-state index contributed by atoms with van der Waals surface area (Å²) >= 11 is 0. The van der Waals surface area contributed by atoms with Crippen molar-refractivity contribution >= 4 is 11.6 Å². The second kappa shape index (κ2) is 7.97. The van der Waals surface area contributed by atoms with Gasteiger partial charge in [0, 0.05) is 31.0 Å². The third-order valence-electron chi connectivity index (χ3n) is 3.51. The molecule has 5 heteroatoms. The van der Waals surface area contributed by atoms with Gasteiger partial charge in [-0.1, -0.05) is 30.3 Å². The summed E-state index contributed by atoms with van der Waals surface area (Å²) in [6.45, 7) is 1.09. The van der Waals surface area contributed by atoms with E-state index in [-0.39, 0.29) is 5.91 Å². The fraction of sp³-hybridized carbons (Fsp3) is 0.158. The lowest BCUT2D eigenvalue weighted by atomic mass is 10.2. The second-order valence-electron chi connectivity index (χ2n) is 5.37. The van der Waals surface area contributed by atoms with Crippen molar-refractivity contribution in [3.8, 4) is 5.75 Å². The van der Waals surface area contributed by atoms with Gasteiger partial charge >= 0.3 is 0 Å². The molecule has 1 aromatic heterocycles. The first-order chi connectivity index (χ1) is 11.8. The van der Waals surface area contributed by atoms with Crippen molar-refractivity contribution < 1.29 is 9.53 Å². The maximum Gasteiger partial charge on any atom is 0.226 e. The van der Waals surface area contributed by atoms with E-state index in [4.69, 9.17) is 4.74 Å². The average Bonchev–Trinajstić information content (AvgIpc) is 3.14. The van der Waals surface area contributed by atoms with Crippen molar-refractivity contribution in [2.24, 2.45) is 0 Å². The van der Waals surface area contributed by atoms with E-state index in [1.165, 1.54) is 0 Å². The number of hydrogen-bond donors (Lipinski definition) is 1. The first kappa shape index (κ1) is 15.8. The highest BCUT2D eigenvalue weighted by Crippen LogP contribution is 2.17. The zero-order valence-corrected chi connectivity index (χ0v) is 13.3. The number of amides is 1. The Labute approximate surface area is 140 Å². The molecule has 2 aromatic carbocycles. The minimum Gasteiger partial charge on any atom is -0.489 e. The van der Waals surface area contributed by atoms with Gasteiger partial charge in [0.25, 0.3) is 0 Å². The van der Waals surface area contributed by atoms with Gasteiger partial charge in [0.1, 0.15) is 12.4 Å². The number of carbonyl (C=O) groups excluding carboxylic acids is 1. The number of nitrogens with zero attached hydrogens (tertiary/aromatic N) is 2. The van der Waals surface area contributed by atoms with Crippen LogP contribution in [0, 0.1) is 0 Å². The summed E-state index contributed by atoms with van der Waals surface area (Å²) < 4.78 is 7.46. The van der Waals surface area contributed by atoms with Crippen molar-refractivity contribution in [2.45, 2.75) is 19.6 Å². The third kappa shape index (κ3) is 4.71. The summed E-state index contributed by atoms with van der Waals surface area (Å²) in [5.74, 6) is 0.733. The van der Waals surface area contributed by atoms with Crippen molar-refractivity contribution in [3.63, 3.8) is 0 Å². The Hall–Kier alpha value is -3.08. The Morgan fingerprint density at radius 1 is 1.04 bits per heavy atom. The highest BCUT2D eigenvalue weighted by molar-refractivity contribution is 5.90. The van der Waals surface area contributed by atoms with Gasteiger partial charge in [0.15, 0.2) is 0 Å². The highest BCUT2D eigenvalue weighted by Gasteiger charge is 2.03. The number of nitrogens with one attached hydrogen (secondary N) is 1. The minimum absolute atomic E-state index is 0.0385. The molecule has 0 saturated carbocycles. The van der Waals surface area contributed by atoms with E-state index in [9.17, 15) is 4.79 Å². The van der Waals surface area contributed by atoms with Gasteiger partial charge in [-0.15, -0.1) is 0 Å². The number of rotatable bonds is 7. The largest absolute Gasteiger partial charge is 0.489 e. The molecular formula is C19H19N3O2. The van der Waals surface area contributed by atoms with E-state index in [0.717, 1.165) is 17.0 Å². The zero-order chi connectivity index (χ0) is 16.6. The van der Waals surface area contributed by atoms with Gasteiger partial charge < -0.3 is 10.1 Å². The third-order valence-corrected chi connectivity index (χ3v) is 3.51. The predicted octanol–water partition coefficient (Wildman–Crippen LogP) is 3.49. The zero-order valence-electron chi connectivity index (χ0n) is 13.3. The number of hydrogen-bond acceptors (Lipinski definition) is 3. The fourth-order valence-corrected chi connectivity index (χ4v) is 2.25. The maximum atomic E-state index is 11.9. The van der Waals surface area contributed by atoms with E-state index in [0.29, 0.717) is 19.6 Å². The summed E-state index contributed by atoms with van der Waals surface area (Å²) in [6.07, 6.45) is 3.92. The molecule has 0 aliphatic rings. The molecule has 0 bridgehead atoms. The number of benzene rings is 2. The van der Waals surface area contributed by atoms with Gasteiger partial charge in [-0.05, 0) is 35.9 Å².